The average molecular weight is 400 g/mol. The van der Waals surface area contributed by atoms with Gasteiger partial charge in [-0.2, -0.15) is 8.78 Å². The maximum atomic E-state index is 12.5. The van der Waals surface area contributed by atoms with Gasteiger partial charge in [0, 0.05) is 9.92 Å². The molecule has 4 nitrogen and oxygen atoms in total. The lowest BCUT2D eigenvalue weighted by molar-refractivity contribution is -0.124. The third-order valence-corrected chi connectivity index (χ3v) is 4.41. The number of amides is 1. The van der Waals surface area contributed by atoms with Crippen LogP contribution in [0.3, 0.4) is 0 Å². The molecule has 138 valence electrons. The van der Waals surface area contributed by atoms with Crippen molar-refractivity contribution in [1.82, 2.24) is 5.32 Å². The van der Waals surface area contributed by atoms with Gasteiger partial charge < -0.3 is 10.1 Å². The number of hydrogen-bond donors (Lipinski definition) is 1. The number of ether oxygens (including phenoxy) is 1. The molecule has 0 heterocycles. The summed E-state index contributed by atoms with van der Waals surface area (Å²) >= 11 is 6.16. The van der Waals surface area contributed by atoms with Crippen LogP contribution < -0.4 is 5.32 Å². The number of rotatable bonds is 7. The number of carbonyl (C=O) groups excluding carboxylic acids is 2. The summed E-state index contributed by atoms with van der Waals surface area (Å²) in [6.07, 6.45) is 0. The lowest BCUT2D eigenvalue weighted by Crippen LogP contribution is -2.31. The number of alkyl halides is 2. The zero-order valence-corrected chi connectivity index (χ0v) is 15.3. The molecular formula is C18H16ClF2NO3S. The van der Waals surface area contributed by atoms with Crippen LogP contribution in [0, 0.1) is 0 Å². The summed E-state index contributed by atoms with van der Waals surface area (Å²) in [7, 11) is 0. The molecule has 0 spiro atoms. The highest BCUT2D eigenvalue weighted by Crippen LogP contribution is 2.28. The molecule has 0 saturated heterocycles. The molecule has 0 unspecified atom stereocenters. The number of hydrogen-bond acceptors (Lipinski definition) is 4. The molecule has 0 radical (unpaired) electrons. The first-order chi connectivity index (χ1) is 12.4. The summed E-state index contributed by atoms with van der Waals surface area (Å²) in [6, 6.07) is 12.5. The van der Waals surface area contributed by atoms with E-state index >= 15 is 0 Å². The van der Waals surface area contributed by atoms with Gasteiger partial charge in [0.25, 0.3) is 11.7 Å². The quantitative estimate of drug-likeness (QED) is 0.542. The molecule has 26 heavy (non-hydrogen) atoms. The number of thioether (sulfide) groups is 1. The molecule has 2 aromatic rings. The van der Waals surface area contributed by atoms with Crippen molar-refractivity contribution in [3.63, 3.8) is 0 Å². The molecule has 1 amide bonds. The lowest BCUT2D eigenvalue weighted by Gasteiger charge is -2.15. The van der Waals surface area contributed by atoms with Gasteiger partial charge in [-0.15, -0.1) is 0 Å². The van der Waals surface area contributed by atoms with Crippen LogP contribution in [0.5, 0.6) is 0 Å². The second-order valence-electron chi connectivity index (χ2n) is 5.30. The van der Waals surface area contributed by atoms with E-state index in [1.165, 1.54) is 18.2 Å². The van der Waals surface area contributed by atoms with Gasteiger partial charge >= 0.3 is 5.97 Å². The van der Waals surface area contributed by atoms with Crippen LogP contribution in [0.4, 0.5) is 8.78 Å². The Morgan fingerprint density at radius 1 is 1.19 bits per heavy atom. The second-order valence-corrected chi connectivity index (χ2v) is 6.76. The third-order valence-electron chi connectivity index (χ3n) is 3.38. The van der Waals surface area contributed by atoms with Gasteiger partial charge in [0.05, 0.1) is 11.6 Å². The van der Waals surface area contributed by atoms with E-state index in [1.807, 2.05) is 0 Å². The van der Waals surface area contributed by atoms with Gasteiger partial charge in [-0.3, -0.25) is 4.79 Å². The van der Waals surface area contributed by atoms with E-state index in [-0.39, 0.29) is 28.3 Å². The topological polar surface area (TPSA) is 55.4 Å². The van der Waals surface area contributed by atoms with E-state index in [4.69, 9.17) is 16.3 Å². The highest BCUT2D eigenvalue weighted by Gasteiger charge is 2.18. The van der Waals surface area contributed by atoms with Crippen LogP contribution in [0.15, 0.2) is 53.4 Å². The largest absolute Gasteiger partial charge is 0.452 e. The molecule has 1 N–H and O–H groups in total. The SMILES string of the molecule is C[C@@H](NC(=O)COC(=O)c1ccccc1SC(F)F)c1cccc(Cl)c1. The standard InChI is InChI=1S/C18H16ClF2NO3S/c1-11(12-5-4-6-13(19)9-12)22-16(23)10-25-17(24)14-7-2-3-8-15(14)26-18(20)21/h2-9,11,18H,10H2,1H3,(H,22,23)/t11-/m1/s1. The monoisotopic (exact) mass is 399 g/mol. The Morgan fingerprint density at radius 3 is 2.62 bits per heavy atom. The Balaban J connectivity index is 1.92. The maximum absolute atomic E-state index is 12.5. The average Bonchev–Trinajstić information content (AvgIpc) is 2.59. The number of carbonyl (C=O) groups is 2. The van der Waals surface area contributed by atoms with E-state index in [9.17, 15) is 18.4 Å². The summed E-state index contributed by atoms with van der Waals surface area (Å²) in [5, 5.41) is 3.22. The first-order valence-electron chi connectivity index (χ1n) is 7.62. The lowest BCUT2D eigenvalue weighted by atomic mass is 10.1. The fourth-order valence-corrected chi connectivity index (χ4v) is 3.01. The molecule has 1 atom stereocenters. The van der Waals surface area contributed by atoms with Crippen LogP contribution in [-0.2, 0) is 9.53 Å². The van der Waals surface area contributed by atoms with Gasteiger partial charge in [-0.1, -0.05) is 47.6 Å². The Bertz CT molecular complexity index is 789. The Morgan fingerprint density at radius 2 is 1.92 bits per heavy atom. The van der Waals surface area contributed by atoms with E-state index in [0.717, 1.165) is 5.56 Å². The minimum atomic E-state index is -2.66. The summed E-state index contributed by atoms with van der Waals surface area (Å²) in [5.74, 6) is -4.00. The molecule has 0 aromatic heterocycles. The molecule has 8 heteroatoms. The van der Waals surface area contributed by atoms with Crippen LogP contribution in [0.25, 0.3) is 0 Å². The molecule has 2 rings (SSSR count). The van der Waals surface area contributed by atoms with Crippen molar-refractivity contribution < 1.29 is 23.1 Å². The van der Waals surface area contributed by atoms with Crippen molar-refractivity contribution in [3.8, 4) is 0 Å². The fraction of sp³-hybridized carbons (Fsp3) is 0.222. The van der Waals surface area contributed by atoms with Crippen molar-refractivity contribution >= 4 is 35.2 Å². The van der Waals surface area contributed by atoms with Crippen molar-refractivity contribution in [3.05, 3.63) is 64.7 Å². The molecule has 0 saturated carbocycles. The van der Waals surface area contributed by atoms with Crippen LogP contribution in [-0.4, -0.2) is 24.2 Å². The molecule has 0 aliphatic carbocycles. The van der Waals surface area contributed by atoms with Gasteiger partial charge in [0.1, 0.15) is 0 Å². The van der Waals surface area contributed by atoms with E-state index in [1.54, 1.807) is 37.3 Å². The first kappa shape index (κ1) is 20.2. The van der Waals surface area contributed by atoms with E-state index in [0.29, 0.717) is 5.02 Å². The number of halogens is 3. The Hall–Kier alpha value is -2.12. The molecule has 0 aliphatic heterocycles. The van der Waals surface area contributed by atoms with Gasteiger partial charge in [-0.05, 0) is 36.8 Å². The van der Waals surface area contributed by atoms with Crippen LogP contribution in [0.2, 0.25) is 5.02 Å². The zero-order chi connectivity index (χ0) is 19.1. The smallest absolute Gasteiger partial charge is 0.339 e. The molecule has 0 aliphatic rings. The summed E-state index contributed by atoms with van der Waals surface area (Å²) in [4.78, 5) is 24.1. The zero-order valence-electron chi connectivity index (χ0n) is 13.7. The van der Waals surface area contributed by atoms with Crippen molar-refractivity contribution in [1.29, 1.82) is 0 Å². The van der Waals surface area contributed by atoms with Crippen molar-refractivity contribution in [2.75, 3.05) is 6.61 Å². The van der Waals surface area contributed by atoms with Crippen LogP contribution >= 0.6 is 23.4 Å². The predicted octanol–water partition coefficient (Wildman–Crippen LogP) is 4.69. The molecular weight excluding hydrogens is 384 g/mol. The molecule has 0 fully saturated rings. The minimum Gasteiger partial charge on any atom is -0.452 e. The van der Waals surface area contributed by atoms with Gasteiger partial charge in [-0.25, -0.2) is 4.79 Å². The van der Waals surface area contributed by atoms with E-state index in [2.05, 4.69) is 5.32 Å². The highest BCUT2D eigenvalue weighted by atomic mass is 35.5. The molecule has 0 bridgehead atoms. The fourth-order valence-electron chi connectivity index (χ4n) is 2.19. The number of benzene rings is 2. The number of esters is 1. The maximum Gasteiger partial charge on any atom is 0.339 e. The summed E-state index contributed by atoms with van der Waals surface area (Å²) < 4.78 is 30.0. The van der Waals surface area contributed by atoms with Crippen LogP contribution in [0.1, 0.15) is 28.9 Å². The number of nitrogens with one attached hydrogen (secondary N) is 1. The van der Waals surface area contributed by atoms with Gasteiger partial charge in [0.2, 0.25) is 0 Å². The minimum absolute atomic E-state index is 0.00603. The Kier molecular flexibility index (Phi) is 7.41. The van der Waals surface area contributed by atoms with Crippen molar-refractivity contribution in [2.24, 2.45) is 0 Å². The normalized spacial score (nSPS) is 11.9. The predicted molar refractivity (Wildman–Crippen MR) is 96.6 cm³/mol. The van der Waals surface area contributed by atoms with Crippen molar-refractivity contribution in [2.45, 2.75) is 23.6 Å². The van der Waals surface area contributed by atoms with E-state index < -0.39 is 24.2 Å². The highest BCUT2D eigenvalue weighted by molar-refractivity contribution is 7.99. The molecule has 2 aromatic carbocycles. The van der Waals surface area contributed by atoms with Gasteiger partial charge in [0.15, 0.2) is 6.61 Å². The summed E-state index contributed by atoms with van der Waals surface area (Å²) in [6.45, 7) is 1.25. The third kappa shape index (κ3) is 6.00. The second kappa shape index (κ2) is 9.54. The summed E-state index contributed by atoms with van der Waals surface area (Å²) in [5.41, 5.74) is 0.796. The first-order valence-corrected chi connectivity index (χ1v) is 8.88. The Labute approximate surface area is 158 Å².